The third kappa shape index (κ3) is 13.4. The predicted molar refractivity (Wildman–Crippen MR) is 126 cm³/mol. The van der Waals surface area contributed by atoms with Gasteiger partial charge in [-0.05, 0) is 49.9 Å². The first-order valence-electron chi connectivity index (χ1n) is 11.7. The lowest BCUT2D eigenvalue weighted by Gasteiger charge is -2.10. The van der Waals surface area contributed by atoms with E-state index in [0.29, 0.717) is 5.56 Å². The molecule has 0 saturated heterocycles. The third-order valence-electron chi connectivity index (χ3n) is 5.12. The van der Waals surface area contributed by atoms with Crippen LogP contribution in [0.2, 0.25) is 0 Å². The highest BCUT2D eigenvalue weighted by Crippen LogP contribution is 2.11. The van der Waals surface area contributed by atoms with Crippen LogP contribution in [0.5, 0.6) is 0 Å². The molecule has 0 bridgehead atoms. The number of allylic oxidation sites excluding steroid dienone is 2. The molecule has 170 valence electrons. The van der Waals surface area contributed by atoms with Gasteiger partial charge in [0.25, 0.3) is 5.91 Å². The molecule has 1 rings (SSSR count). The lowest BCUT2D eigenvalue weighted by molar-refractivity contribution is 0.0802. The molecule has 1 aromatic carbocycles. The van der Waals surface area contributed by atoms with Crippen LogP contribution in [0.4, 0.5) is 5.69 Å². The minimum absolute atomic E-state index is 0.0436. The minimum atomic E-state index is -0.927. The average Bonchev–Trinajstić information content (AvgIpc) is 2.77. The Kier molecular flexibility index (Phi) is 15.7. The lowest BCUT2D eigenvalue weighted by atomic mass is 10.1. The van der Waals surface area contributed by atoms with Crippen molar-refractivity contribution in [3.05, 3.63) is 42.0 Å². The highest BCUT2D eigenvalue weighted by molar-refractivity contribution is 5.94. The van der Waals surface area contributed by atoms with E-state index < -0.39 is 6.10 Å². The summed E-state index contributed by atoms with van der Waals surface area (Å²) >= 11 is 0. The van der Waals surface area contributed by atoms with Gasteiger partial charge in [-0.3, -0.25) is 4.79 Å². The lowest BCUT2D eigenvalue weighted by Crippen LogP contribution is -2.33. The normalized spacial score (nSPS) is 12.2. The van der Waals surface area contributed by atoms with Crippen molar-refractivity contribution in [1.82, 2.24) is 5.32 Å². The molecule has 1 unspecified atom stereocenters. The summed E-state index contributed by atoms with van der Waals surface area (Å²) in [6.07, 6.45) is 18.0. The molecule has 0 aromatic heterocycles. The zero-order chi connectivity index (χ0) is 21.9. The van der Waals surface area contributed by atoms with Gasteiger partial charge in [0, 0.05) is 24.3 Å². The van der Waals surface area contributed by atoms with Gasteiger partial charge in [-0.25, -0.2) is 0 Å². The molecule has 1 amide bonds. The van der Waals surface area contributed by atoms with Gasteiger partial charge in [-0.2, -0.15) is 0 Å². The Morgan fingerprint density at radius 3 is 2.17 bits per heavy atom. The molecule has 1 atom stereocenters. The number of unbranched alkanes of at least 4 members (excludes halogenated alkanes) is 9. The fourth-order valence-corrected chi connectivity index (χ4v) is 3.20. The fraction of sp³-hybridized carbons (Fsp3) is 0.640. The summed E-state index contributed by atoms with van der Waals surface area (Å²) in [5.41, 5.74) is 1.53. The van der Waals surface area contributed by atoms with Gasteiger partial charge in [-0.15, -0.1) is 0 Å². The number of carbonyl (C=O) groups excluding carboxylic acids is 1. The van der Waals surface area contributed by atoms with Crippen LogP contribution in [0.25, 0.3) is 0 Å². The molecule has 5 nitrogen and oxygen atoms in total. The molecule has 0 spiro atoms. The molecule has 0 radical (unpaired) electrons. The number of aliphatic hydroxyl groups is 2. The number of carbonyl (C=O) groups is 1. The summed E-state index contributed by atoms with van der Waals surface area (Å²) in [5, 5.41) is 24.0. The predicted octanol–water partition coefficient (Wildman–Crippen LogP) is 5.05. The van der Waals surface area contributed by atoms with Gasteiger partial charge in [-0.1, -0.05) is 64.0 Å². The molecular formula is C25H42N2O3. The van der Waals surface area contributed by atoms with Crippen molar-refractivity contribution >= 4 is 11.6 Å². The van der Waals surface area contributed by atoms with Crippen LogP contribution < -0.4 is 10.6 Å². The van der Waals surface area contributed by atoms with E-state index in [-0.39, 0.29) is 19.1 Å². The molecule has 0 aliphatic carbocycles. The van der Waals surface area contributed by atoms with Crippen molar-refractivity contribution in [2.24, 2.45) is 0 Å². The number of benzene rings is 1. The van der Waals surface area contributed by atoms with Crippen LogP contribution >= 0.6 is 0 Å². The fourth-order valence-electron chi connectivity index (χ4n) is 3.20. The Morgan fingerprint density at radius 2 is 1.53 bits per heavy atom. The molecule has 1 aromatic rings. The van der Waals surface area contributed by atoms with Crippen LogP contribution in [-0.4, -0.2) is 41.9 Å². The quantitative estimate of drug-likeness (QED) is 0.199. The summed E-state index contributed by atoms with van der Waals surface area (Å²) in [4.78, 5) is 11.9. The van der Waals surface area contributed by atoms with E-state index in [0.717, 1.165) is 25.1 Å². The van der Waals surface area contributed by atoms with Crippen LogP contribution in [0.15, 0.2) is 36.4 Å². The first kappa shape index (κ1) is 26.2. The molecule has 5 heteroatoms. The summed E-state index contributed by atoms with van der Waals surface area (Å²) < 4.78 is 0. The first-order valence-corrected chi connectivity index (χ1v) is 11.7. The van der Waals surface area contributed by atoms with Gasteiger partial charge in [0.05, 0.1) is 12.7 Å². The van der Waals surface area contributed by atoms with E-state index in [1.165, 1.54) is 57.8 Å². The molecule has 0 aliphatic rings. The summed E-state index contributed by atoms with van der Waals surface area (Å²) in [5.74, 6) is -0.254. The maximum Gasteiger partial charge on any atom is 0.251 e. The van der Waals surface area contributed by atoms with Gasteiger partial charge < -0.3 is 20.8 Å². The van der Waals surface area contributed by atoms with E-state index in [1.54, 1.807) is 12.1 Å². The van der Waals surface area contributed by atoms with Gasteiger partial charge in [0.2, 0.25) is 0 Å². The monoisotopic (exact) mass is 418 g/mol. The number of hydrogen-bond acceptors (Lipinski definition) is 4. The topological polar surface area (TPSA) is 81.6 Å². The highest BCUT2D eigenvalue weighted by Gasteiger charge is 2.08. The number of aliphatic hydroxyl groups excluding tert-OH is 2. The second-order valence-corrected chi connectivity index (χ2v) is 7.93. The van der Waals surface area contributed by atoms with E-state index in [2.05, 4.69) is 29.7 Å². The van der Waals surface area contributed by atoms with E-state index in [4.69, 9.17) is 5.11 Å². The van der Waals surface area contributed by atoms with Crippen LogP contribution in [-0.2, 0) is 0 Å². The van der Waals surface area contributed by atoms with Gasteiger partial charge in [0.15, 0.2) is 0 Å². The van der Waals surface area contributed by atoms with Crippen molar-refractivity contribution in [2.45, 2.75) is 83.7 Å². The number of hydrogen-bond donors (Lipinski definition) is 4. The largest absolute Gasteiger partial charge is 0.394 e. The van der Waals surface area contributed by atoms with Crippen molar-refractivity contribution in [2.75, 3.05) is 25.0 Å². The zero-order valence-electron chi connectivity index (χ0n) is 18.7. The van der Waals surface area contributed by atoms with Crippen molar-refractivity contribution in [1.29, 1.82) is 0 Å². The number of nitrogens with one attached hydrogen (secondary N) is 2. The number of amides is 1. The van der Waals surface area contributed by atoms with E-state index in [1.807, 2.05) is 12.1 Å². The second kappa shape index (κ2) is 18.0. The Labute approximate surface area is 183 Å². The van der Waals surface area contributed by atoms with E-state index in [9.17, 15) is 9.90 Å². The molecule has 4 N–H and O–H groups in total. The molecule has 30 heavy (non-hydrogen) atoms. The Hall–Kier alpha value is -1.85. The second-order valence-electron chi connectivity index (χ2n) is 7.93. The summed E-state index contributed by atoms with van der Waals surface area (Å²) in [6, 6.07) is 7.28. The maximum atomic E-state index is 11.9. The first-order chi connectivity index (χ1) is 14.7. The average molecular weight is 419 g/mol. The SMILES string of the molecule is CCCCCCCCCCC=CCCCNc1ccc(C(=O)NCC(O)CO)cc1. The Bertz CT molecular complexity index is 572. The summed E-state index contributed by atoms with van der Waals surface area (Å²) in [7, 11) is 0. The highest BCUT2D eigenvalue weighted by atomic mass is 16.3. The maximum absolute atomic E-state index is 11.9. The number of rotatable bonds is 18. The van der Waals surface area contributed by atoms with Gasteiger partial charge >= 0.3 is 0 Å². The molecule has 0 saturated carbocycles. The van der Waals surface area contributed by atoms with Crippen LogP contribution in [0, 0.1) is 0 Å². The summed E-state index contributed by atoms with van der Waals surface area (Å²) in [6.45, 7) is 2.84. The Balaban J connectivity index is 2.03. The van der Waals surface area contributed by atoms with Crippen LogP contribution in [0.3, 0.4) is 0 Å². The zero-order valence-corrected chi connectivity index (χ0v) is 18.7. The molecule has 0 aliphatic heterocycles. The van der Waals surface area contributed by atoms with Crippen molar-refractivity contribution in [3.63, 3.8) is 0 Å². The van der Waals surface area contributed by atoms with Gasteiger partial charge in [0.1, 0.15) is 0 Å². The minimum Gasteiger partial charge on any atom is -0.394 e. The third-order valence-corrected chi connectivity index (χ3v) is 5.12. The smallest absolute Gasteiger partial charge is 0.251 e. The standard InChI is InChI=1S/C25H42N2O3/c1-2-3-4-5-6-7-8-9-10-11-12-13-14-19-26-23-17-15-22(16-18-23)25(30)27-20-24(29)21-28/h11-12,15-18,24,26,28-29H,2-10,13-14,19-21H2,1H3,(H,27,30). The van der Waals surface area contributed by atoms with E-state index >= 15 is 0 Å². The van der Waals surface area contributed by atoms with Crippen molar-refractivity contribution in [3.8, 4) is 0 Å². The molecule has 0 fully saturated rings. The molecular weight excluding hydrogens is 376 g/mol. The van der Waals surface area contributed by atoms with Crippen LogP contribution in [0.1, 0.15) is 87.9 Å². The van der Waals surface area contributed by atoms with Crippen molar-refractivity contribution < 1.29 is 15.0 Å². The number of anilines is 1. The molecule has 0 heterocycles. The Morgan fingerprint density at radius 1 is 0.933 bits per heavy atom.